The normalized spacial score (nSPS) is 24.9. The highest BCUT2D eigenvalue weighted by Gasteiger charge is 2.57. The number of carbonyl (C=O) groups excluding carboxylic acids is 1. The number of sulfonamides is 1. The Morgan fingerprint density at radius 1 is 1.32 bits per heavy atom. The molecule has 1 N–H and O–H groups in total. The minimum atomic E-state index is -3.52. The van der Waals surface area contributed by atoms with Crippen LogP contribution in [0.2, 0.25) is 0 Å². The van der Waals surface area contributed by atoms with Crippen molar-refractivity contribution in [3.05, 3.63) is 29.8 Å². The van der Waals surface area contributed by atoms with Gasteiger partial charge in [-0.25, -0.2) is 13.2 Å². The molecule has 6 nitrogen and oxygen atoms in total. The van der Waals surface area contributed by atoms with Gasteiger partial charge < -0.3 is 10.2 Å². The maximum Gasteiger partial charge on any atom is 0.317 e. The highest BCUT2D eigenvalue weighted by Crippen LogP contribution is 2.49. The molecule has 1 saturated heterocycles. The zero-order valence-corrected chi connectivity index (χ0v) is 16.0. The molecule has 1 atom stereocenters. The summed E-state index contributed by atoms with van der Waals surface area (Å²) in [4.78, 5) is 14.4. The van der Waals surface area contributed by atoms with E-state index in [2.05, 4.69) is 19.2 Å². The van der Waals surface area contributed by atoms with E-state index in [9.17, 15) is 13.2 Å². The zero-order chi connectivity index (χ0) is 18.2. The van der Waals surface area contributed by atoms with Gasteiger partial charge in [0.2, 0.25) is 10.0 Å². The van der Waals surface area contributed by atoms with Gasteiger partial charge in [-0.2, -0.15) is 4.31 Å². The van der Waals surface area contributed by atoms with Crippen molar-refractivity contribution in [1.29, 1.82) is 0 Å². The van der Waals surface area contributed by atoms with Gasteiger partial charge >= 0.3 is 6.03 Å². The SMILES string of the molecule is CCNC(=O)N1CC[C@]2(C1)c1ccccc1S(=O)(=O)N2CCC(C)C. The standard InChI is InChI=1S/C18H27N3O3S/c1-4-19-17(22)20-12-10-18(13-20)15-7-5-6-8-16(15)25(23,24)21(18)11-9-14(2)3/h5-8,14H,4,9-13H2,1-3H3,(H,19,22)/t18-/m0/s1. The Bertz CT molecular complexity index is 763. The maximum absolute atomic E-state index is 13.2. The highest BCUT2D eigenvalue weighted by molar-refractivity contribution is 7.89. The Morgan fingerprint density at radius 3 is 2.72 bits per heavy atom. The van der Waals surface area contributed by atoms with E-state index in [1.807, 2.05) is 19.1 Å². The summed E-state index contributed by atoms with van der Waals surface area (Å²) in [5.74, 6) is 0.414. The second-order valence-corrected chi connectivity index (χ2v) is 9.13. The number of nitrogens with one attached hydrogen (secondary N) is 1. The van der Waals surface area contributed by atoms with E-state index in [0.29, 0.717) is 43.4 Å². The molecule has 0 radical (unpaired) electrons. The van der Waals surface area contributed by atoms with E-state index in [-0.39, 0.29) is 6.03 Å². The van der Waals surface area contributed by atoms with Gasteiger partial charge in [-0.3, -0.25) is 0 Å². The van der Waals surface area contributed by atoms with Crippen molar-refractivity contribution in [3.8, 4) is 0 Å². The van der Waals surface area contributed by atoms with Gasteiger partial charge in [-0.05, 0) is 37.3 Å². The third kappa shape index (κ3) is 2.93. The minimum Gasteiger partial charge on any atom is -0.338 e. The van der Waals surface area contributed by atoms with Crippen molar-refractivity contribution in [2.24, 2.45) is 5.92 Å². The Kier molecular flexibility index (Phi) is 4.81. The summed E-state index contributed by atoms with van der Waals surface area (Å²) < 4.78 is 28.0. The fraction of sp³-hybridized carbons (Fsp3) is 0.611. The molecule has 0 unspecified atom stereocenters. The fourth-order valence-electron chi connectivity index (χ4n) is 3.92. The van der Waals surface area contributed by atoms with E-state index < -0.39 is 15.6 Å². The molecule has 2 heterocycles. The Hall–Kier alpha value is -1.60. The molecule has 1 fully saturated rings. The van der Waals surface area contributed by atoms with Gasteiger partial charge in [0.15, 0.2) is 0 Å². The summed E-state index contributed by atoms with van der Waals surface area (Å²) in [5, 5.41) is 2.82. The van der Waals surface area contributed by atoms with E-state index in [0.717, 1.165) is 12.0 Å². The van der Waals surface area contributed by atoms with Crippen molar-refractivity contribution >= 4 is 16.1 Å². The molecule has 3 rings (SSSR count). The molecule has 25 heavy (non-hydrogen) atoms. The predicted octanol–water partition coefficient (Wildman–Crippen LogP) is 2.37. The largest absolute Gasteiger partial charge is 0.338 e. The molecule has 0 saturated carbocycles. The molecule has 0 aromatic heterocycles. The summed E-state index contributed by atoms with van der Waals surface area (Å²) in [5.41, 5.74) is 0.209. The first-order valence-electron chi connectivity index (χ1n) is 8.98. The Morgan fingerprint density at radius 2 is 2.04 bits per heavy atom. The number of benzene rings is 1. The number of rotatable bonds is 4. The van der Waals surface area contributed by atoms with Crippen molar-refractivity contribution in [2.45, 2.75) is 44.0 Å². The average molecular weight is 365 g/mol. The van der Waals surface area contributed by atoms with Gasteiger partial charge in [-0.15, -0.1) is 0 Å². The smallest absolute Gasteiger partial charge is 0.317 e. The first-order chi connectivity index (χ1) is 11.8. The molecule has 1 spiro atoms. The summed E-state index contributed by atoms with van der Waals surface area (Å²) in [6.45, 7) is 8.09. The van der Waals surface area contributed by atoms with Crippen LogP contribution in [0, 0.1) is 5.92 Å². The molecular weight excluding hydrogens is 338 g/mol. The number of urea groups is 1. The maximum atomic E-state index is 13.2. The second-order valence-electron chi connectivity index (χ2n) is 7.29. The van der Waals surface area contributed by atoms with Gasteiger partial charge in [0.05, 0.1) is 10.4 Å². The van der Waals surface area contributed by atoms with E-state index in [1.165, 1.54) is 0 Å². The average Bonchev–Trinajstić information content (AvgIpc) is 3.07. The first kappa shape index (κ1) is 18.2. The third-order valence-electron chi connectivity index (χ3n) is 5.21. The number of carbonyl (C=O) groups is 1. The van der Waals surface area contributed by atoms with Crippen LogP contribution in [0.25, 0.3) is 0 Å². The second kappa shape index (κ2) is 6.61. The van der Waals surface area contributed by atoms with Crippen molar-refractivity contribution in [2.75, 3.05) is 26.2 Å². The lowest BCUT2D eigenvalue weighted by Crippen LogP contribution is -2.48. The molecule has 0 aliphatic carbocycles. The fourth-order valence-corrected chi connectivity index (χ4v) is 6.00. The lowest BCUT2D eigenvalue weighted by atomic mass is 9.88. The number of hydrogen-bond donors (Lipinski definition) is 1. The summed E-state index contributed by atoms with van der Waals surface area (Å²) >= 11 is 0. The van der Waals surface area contributed by atoms with Crippen molar-refractivity contribution in [1.82, 2.24) is 14.5 Å². The summed E-state index contributed by atoms with van der Waals surface area (Å²) in [7, 11) is -3.52. The molecule has 2 amide bonds. The summed E-state index contributed by atoms with van der Waals surface area (Å²) in [6.07, 6.45) is 1.44. The Balaban J connectivity index is 2.01. The molecular formula is C18H27N3O3S. The van der Waals surface area contributed by atoms with Crippen LogP contribution in [0.1, 0.15) is 39.2 Å². The van der Waals surface area contributed by atoms with E-state index >= 15 is 0 Å². The number of fused-ring (bicyclic) bond motifs is 2. The van der Waals surface area contributed by atoms with Crippen LogP contribution >= 0.6 is 0 Å². The number of likely N-dealkylation sites (tertiary alicyclic amines) is 1. The number of amides is 2. The van der Waals surface area contributed by atoms with Gasteiger partial charge in [-0.1, -0.05) is 32.0 Å². The zero-order valence-electron chi connectivity index (χ0n) is 15.2. The lowest BCUT2D eigenvalue weighted by molar-refractivity contribution is 0.178. The highest BCUT2D eigenvalue weighted by atomic mass is 32.2. The van der Waals surface area contributed by atoms with Crippen LogP contribution in [0.3, 0.4) is 0 Å². The predicted molar refractivity (Wildman–Crippen MR) is 96.7 cm³/mol. The molecule has 1 aromatic carbocycles. The summed E-state index contributed by atoms with van der Waals surface area (Å²) in [6, 6.07) is 7.13. The van der Waals surface area contributed by atoms with Crippen LogP contribution in [0.5, 0.6) is 0 Å². The first-order valence-corrected chi connectivity index (χ1v) is 10.4. The monoisotopic (exact) mass is 365 g/mol. The van der Waals surface area contributed by atoms with Gasteiger partial charge in [0.25, 0.3) is 0 Å². The van der Waals surface area contributed by atoms with Gasteiger partial charge in [0, 0.05) is 26.2 Å². The lowest BCUT2D eigenvalue weighted by Gasteiger charge is -2.34. The van der Waals surface area contributed by atoms with Crippen LogP contribution in [-0.4, -0.2) is 49.8 Å². The van der Waals surface area contributed by atoms with Crippen LogP contribution in [0.4, 0.5) is 4.79 Å². The minimum absolute atomic E-state index is 0.120. The van der Waals surface area contributed by atoms with Crippen molar-refractivity contribution < 1.29 is 13.2 Å². The van der Waals surface area contributed by atoms with E-state index in [4.69, 9.17) is 0 Å². The van der Waals surface area contributed by atoms with E-state index in [1.54, 1.807) is 21.3 Å². The Labute approximate surface area is 150 Å². The quantitative estimate of drug-likeness (QED) is 0.890. The molecule has 1 aromatic rings. The van der Waals surface area contributed by atoms with Crippen LogP contribution in [0.15, 0.2) is 29.2 Å². The molecule has 138 valence electrons. The topological polar surface area (TPSA) is 69.7 Å². The van der Waals surface area contributed by atoms with Crippen LogP contribution in [-0.2, 0) is 15.6 Å². The van der Waals surface area contributed by atoms with Crippen LogP contribution < -0.4 is 5.32 Å². The molecule has 2 aliphatic rings. The third-order valence-corrected chi connectivity index (χ3v) is 7.23. The number of hydrogen-bond acceptors (Lipinski definition) is 3. The molecule has 2 aliphatic heterocycles. The molecule has 0 bridgehead atoms. The molecule has 7 heteroatoms. The number of nitrogens with zero attached hydrogens (tertiary/aromatic N) is 2. The van der Waals surface area contributed by atoms with Crippen molar-refractivity contribution in [3.63, 3.8) is 0 Å². The van der Waals surface area contributed by atoms with Gasteiger partial charge in [0.1, 0.15) is 0 Å².